The van der Waals surface area contributed by atoms with Gasteiger partial charge in [0.05, 0.1) is 29.6 Å². The molecule has 8 nitrogen and oxygen atoms in total. The molecule has 1 saturated heterocycles. The van der Waals surface area contributed by atoms with Crippen molar-refractivity contribution in [1.82, 2.24) is 20.2 Å². The molecule has 2 aromatic rings. The van der Waals surface area contributed by atoms with Gasteiger partial charge in [0.1, 0.15) is 6.33 Å². The summed E-state index contributed by atoms with van der Waals surface area (Å²) in [6.45, 7) is 6.57. The molecule has 2 heterocycles. The maximum atomic E-state index is 12.3. The average molecular weight is 406 g/mol. The molecule has 0 radical (unpaired) electrons. The zero-order valence-electron chi connectivity index (χ0n) is 17.5. The number of aromatic nitrogens is 4. The number of tetrazole rings is 1. The molecule has 9 heteroatoms. The van der Waals surface area contributed by atoms with Gasteiger partial charge in [-0.1, -0.05) is 13.8 Å². The predicted molar refractivity (Wildman–Crippen MR) is 108 cm³/mol. The first-order valence-corrected chi connectivity index (χ1v) is 10.0. The quantitative estimate of drug-likeness (QED) is 0.432. The molecule has 1 aromatic heterocycles. The lowest BCUT2D eigenvalue weighted by molar-refractivity contribution is -0.257. The number of fused-ring (bicyclic) bond motifs is 2. The Labute approximate surface area is 175 Å². The number of rotatable bonds is 3. The lowest BCUT2D eigenvalue weighted by atomic mass is 9.40. The molecule has 3 aliphatic carbocycles. The number of hydrogen-bond donors (Lipinski definition) is 0. The van der Waals surface area contributed by atoms with Gasteiger partial charge in [0.2, 0.25) is 0 Å². The van der Waals surface area contributed by atoms with Gasteiger partial charge >= 0.3 is 13.1 Å². The lowest BCUT2D eigenvalue weighted by Gasteiger charge is -2.68. The molecule has 4 atom stereocenters. The second-order valence-corrected chi connectivity index (χ2v) is 9.23. The molecule has 4 aliphatic rings. The fourth-order valence-electron chi connectivity index (χ4n) is 5.69. The van der Waals surface area contributed by atoms with Gasteiger partial charge in [-0.2, -0.15) is 0 Å². The third-order valence-corrected chi connectivity index (χ3v) is 7.57. The van der Waals surface area contributed by atoms with Gasteiger partial charge in [0.15, 0.2) is 0 Å². The first-order valence-electron chi connectivity index (χ1n) is 10.0. The van der Waals surface area contributed by atoms with Crippen LogP contribution in [0.15, 0.2) is 24.5 Å². The van der Waals surface area contributed by atoms with Crippen molar-refractivity contribution in [2.45, 2.75) is 44.8 Å². The van der Waals surface area contributed by atoms with Crippen LogP contribution in [0.25, 0.3) is 5.69 Å². The molecule has 0 N–H and O–H groups in total. The first-order chi connectivity index (χ1) is 14.2. The van der Waals surface area contributed by atoms with Gasteiger partial charge in [0.25, 0.3) is 0 Å². The summed E-state index contributed by atoms with van der Waals surface area (Å²) < 4.78 is 19.5. The van der Waals surface area contributed by atoms with E-state index in [1.807, 2.05) is 6.07 Å². The number of ether oxygens (including phenoxy) is 1. The van der Waals surface area contributed by atoms with E-state index in [2.05, 4.69) is 42.2 Å². The minimum absolute atomic E-state index is 0.0328. The zero-order chi connectivity index (χ0) is 21.3. The van der Waals surface area contributed by atoms with Gasteiger partial charge in [0, 0.05) is 5.92 Å². The standard InChI is InChI=1S/C21H23BN4O4/c1-6-14-10-21-11-17(19(14,2)3)20(21,4)29-22(30-21)15-7-13(18(27)28-5)8-16(9-15)26-12-23-24-25-26/h1,7-9,12,14,17H,10-11H2,2-5H3/t14-,17-,20-,21+/m0/s1. The molecule has 2 bridgehead atoms. The van der Waals surface area contributed by atoms with Crippen LogP contribution in [0.5, 0.6) is 0 Å². The largest absolute Gasteiger partial charge is 0.494 e. The molecule has 6 rings (SSSR count). The summed E-state index contributed by atoms with van der Waals surface area (Å²) >= 11 is 0. The Hall–Kier alpha value is -2.70. The minimum atomic E-state index is -0.618. The molecule has 1 aromatic carbocycles. The third-order valence-electron chi connectivity index (χ3n) is 7.57. The van der Waals surface area contributed by atoms with E-state index >= 15 is 0 Å². The predicted octanol–water partition coefficient (Wildman–Crippen LogP) is 1.39. The minimum Gasteiger partial charge on any atom is -0.465 e. The molecule has 0 amide bonds. The van der Waals surface area contributed by atoms with E-state index in [1.165, 1.54) is 18.1 Å². The van der Waals surface area contributed by atoms with Crippen LogP contribution in [0.4, 0.5) is 0 Å². The number of carbonyl (C=O) groups is 1. The van der Waals surface area contributed by atoms with E-state index < -0.39 is 24.3 Å². The number of esters is 1. The summed E-state index contributed by atoms with van der Waals surface area (Å²) in [6.07, 6.45) is 9.00. The monoisotopic (exact) mass is 406 g/mol. The Morgan fingerprint density at radius 3 is 2.77 bits per heavy atom. The van der Waals surface area contributed by atoms with Crippen LogP contribution < -0.4 is 5.46 Å². The number of terminal acetylenes is 1. The van der Waals surface area contributed by atoms with Crippen molar-refractivity contribution in [3.8, 4) is 18.0 Å². The molecule has 1 spiro atoms. The molecular weight excluding hydrogens is 383 g/mol. The Morgan fingerprint density at radius 2 is 2.10 bits per heavy atom. The van der Waals surface area contributed by atoms with Crippen LogP contribution in [0.2, 0.25) is 0 Å². The highest BCUT2D eigenvalue weighted by atomic mass is 16.7. The van der Waals surface area contributed by atoms with E-state index in [9.17, 15) is 4.79 Å². The summed E-state index contributed by atoms with van der Waals surface area (Å²) in [5.41, 5.74) is 0.843. The van der Waals surface area contributed by atoms with E-state index in [0.29, 0.717) is 22.6 Å². The van der Waals surface area contributed by atoms with Crippen molar-refractivity contribution in [2.75, 3.05) is 7.11 Å². The molecule has 3 saturated carbocycles. The summed E-state index contributed by atoms with van der Waals surface area (Å²) in [5.74, 6) is 2.94. The Bertz CT molecular complexity index is 1070. The highest BCUT2D eigenvalue weighted by Crippen LogP contribution is 2.70. The second-order valence-electron chi connectivity index (χ2n) is 9.23. The zero-order valence-corrected chi connectivity index (χ0v) is 17.5. The molecular formula is C21H23BN4O4. The fourth-order valence-corrected chi connectivity index (χ4v) is 5.69. The van der Waals surface area contributed by atoms with Gasteiger partial charge in [-0.3, -0.25) is 0 Å². The Kier molecular flexibility index (Phi) is 3.96. The van der Waals surface area contributed by atoms with Crippen LogP contribution >= 0.6 is 0 Å². The van der Waals surface area contributed by atoms with E-state index in [4.69, 9.17) is 20.5 Å². The van der Waals surface area contributed by atoms with Gasteiger partial charge < -0.3 is 14.0 Å². The average Bonchev–Trinajstić information content (AvgIpc) is 3.33. The molecule has 154 valence electrons. The van der Waals surface area contributed by atoms with Crippen LogP contribution in [0.3, 0.4) is 0 Å². The third kappa shape index (κ3) is 2.38. The van der Waals surface area contributed by atoms with E-state index in [-0.39, 0.29) is 11.3 Å². The maximum Gasteiger partial charge on any atom is 0.494 e. The number of carbonyl (C=O) groups excluding carboxylic acids is 1. The maximum absolute atomic E-state index is 12.3. The molecule has 30 heavy (non-hydrogen) atoms. The van der Waals surface area contributed by atoms with Crippen molar-refractivity contribution in [3.05, 3.63) is 30.1 Å². The summed E-state index contributed by atoms with van der Waals surface area (Å²) in [5, 5.41) is 11.3. The van der Waals surface area contributed by atoms with Crippen LogP contribution in [-0.2, 0) is 14.0 Å². The van der Waals surface area contributed by atoms with Crippen molar-refractivity contribution >= 4 is 18.6 Å². The number of methoxy groups -OCH3 is 1. The number of benzene rings is 1. The van der Waals surface area contributed by atoms with Crippen molar-refractivity contribution in [1.29, 1.82) is 0 Å². The van der Waals surface area contributed by atoms with Crippen molar-refractivity contribution in [2.24, 2.45) is 17.3 Å². The highest BCUT2D eigenvalue weighted by Gasteiger charge is 2.77. The normalized spacial score (nSPS) is 33.4. The molecule has 4 fully saturated rings. The van der Waals surface area contributed by atoms with Crippen molar-refractivity contribution < 1.29 is 18.8 Å². The van der Waals surface area contributed by atoms with Crippen LogP contribution in [0, 0.1) is 29.6 Å². The summed E-state index contributed by atoms with van der Waals surface area (Å²) in [6, 6.07) is 5.28. The smallest absolute Gasteiger partial charge is 0.465 e. The Balaban J connectivity index is 1.54. The second kappa shape index (κ2) is 6.16. The lowest BCUT2D eigenvalue weighted by Crippen LogP contribution is -2.74. The fraction of sp³-hybridized carbons (Fsp3) is 0.524. The first kappa shape index (κ1) is 19.3. The topological polar surface area (TPSA) is 88.4 Å². The SMILES string of the molecule is C#C[C@H]1C[C@@]23C[C@@H](C1(C)C)[C@]2(C)OB(c1cc(C(=O)OC)cc(-n2cnnn2)c1)O3. The van der Waals surface area contributed by atoms with Crippen LogP contribution in [-0.4, -0.2) is 51.6 Å². The molecule has 0 unspecified atom stereocenters. The van der Waals surface area contributed by atoms with Gasteiger partial charge in [-0.05, 0) is 65.2 Å². The van der Waals surface area contributed by atoms with Crippen molar-refractivity contribution in [3.63, 3.8) is 0 Å². The highest BCUT2D eigenvalue weighted by molar-refractivity contribution is 6.62. The van der Waals surface area contributed by atoms with E-state index in [1.54, 1.807) is 12.1 Å². The number of nitrogens with zero attached hydrogens (tertiary/aromatic N) is 4. The summed E-state index contributed by atoms with van der Waals surface area (Å²) in [4.78, 5) is 12.3. The number of hydrogen-bond acceptors (Lipinski definition) is 7. The van der Waals surface area contributed by atoms with Gasteiger partial charge in [-0.25, -0.2) is 9.48 Å². The summed E-state index contributed by atoms with van der Waals surface area (Å²) in [7, 11) is 0.729. The Morgan fingerprint density at radius 1 is 1.30 bits per heavy atom. The van der Waals surface area contributed by atoms with Gasteiger partial charge in [-0.15, -0.1) is 17.4 Å². The van der Waals surface area contributed by atoms with E-state index in [0.717, 1.165) is 12.8 Å². The van der Waals surface area contributed by atoms with Crippen LogP contribution in [0.1, 0.15) is 44.0 Å². The molecule has 1 aliphatic heterocycles.